The zero-order valence-electron chi connectivity index (χ0n) is 19.1. The Bertz CT molecular complexity index is 1270. The molecule has 0 radical (unpaired) electrons. The number of aryl methyl sites for hydroxylation is 1. The molecule has 1 heterocycles. The molecule has 0 spiro atoms. The van der Waals surface area contributed by atoms with Crippen molar-refractivity contribution in [2.75, 3.05) is 21.2 Å². The van der Waals surface area contributed by atoms with Crippen molar-refractivity contribution in [2.24, 2.45) is 0 Å². The van der Waals surface area contributed by atoms with E-state index in [0.29, 0.717) is 12.0 Å². The van der Waals surface area contributed by atoms with Crippen LogP contribution in [0.1, 0.15) is 34.3 Å². The lowest BCUT2D eigenvalue weighted by Crippen LogP contribution is -2.21. The van der Waals surface area contributed by atoms with Gasteiger partial charge >= 0.3 is 0 Å². The molecule has 0 bridgehead atoms. The monoisotopic (exact) mass is 457 g/mol. The summed E-state index contributed by atoms with van der Waals surface area (Å²) in [6.07, 6.45) is 2.13. The van der Waals surface area contributed by atoms with E-state index in [2.05, 4.69) is 0 Å². The van der Waals surface area contributed by atoms with Gasteiger partial charge < -0.3 is 9.64 Å². The Hall–Kier alpha value is -3.44. The van der Waals surface area contributed by atoms with Crippen molar-refractivity contribution in [3.05, 3.63) is 89.5 Å². The van der Waals surface area contributed by atoms with Gasteiger partial charge in [0.15, 0.2) is 5.78 Å². The predicted molar refractivity (Wildman–Crippen MR) is 135 cm³/mol. The second-order valence-electron chi connectivity index (χ2n) is 8.20. The van der Waals surface area contributed by atoms with Crippen LogP contribution in [0, 0.1) is 0 Å². The third-order valence-corrected chi connectivity index (χ3v) is 6.93. The summed E-state index contributed by atoms with van der Waals surface area (Å²) in [5.74, 6) is 0.926. The molecule has 0 fully saturated rings. The molecule has 33 heavy (non-hydrogen) atoms. The number of carbonyl (C=O) groups excluding carboxylic acids is 2. The quantitative estimate of drug-likeness (QED) is 0.295. The first kappa shape index (κ1) is 22.7. The van der Waals surface area contributed by atoms with Gasteiger partial charge in [-0.2, -0.15) is 0 Å². The zero-order valence-corrected chi connectivity index (χ0v) is 19.9. The highest BCUT2D eigenvalue weighted by Crippen LogP contribution is 2.41. The summed E-state index contributed by atoms with van der Waals surface area (Å²) >= 11 is 1.61. The van der Waals surface area contributed by atoms with Gasteiger partial charge in [-0.05, 0) is 42.2 Å². The van der Waals surface area contributed by atoms with Crippen LogP contribution in [-0.4, -0.2) is 37.8 Å². The van der Waals surface area contributed by atoms with Crippen molar-refractivity contribution in [1.29, 1.82) is 0 Å². The summed E-state index contributed by atoms with van der Waals surface area (Å²) in [6.45, 7) is 0. The van der Waals surface area contributed by atoms with Crippen molar-refractivity contribution in [2.45, 2.75) is 19.3 Å². The fourth-order valence-corrected chi connectivity index (χ4v) is 5.09. The Morgan fingerprint density at radius 1 is 0.939 bits per heavy atom. The molecule has 168 valence electrons. The van der Waals surface area contributed by atoms with Crippen LogP contribution < -0.4 is 4.74 Å². The summed E-state index contributed by atoms with van der Waals surface area (Å²) in [4.78, 5) is 28.0. The first-order chi connectivity index (χ1) is 16.0. The van der Waals surface area contributed by atoms with Crippen molar-refractivity contribution in [3.8, 4) is 16.2 Å². The first-order valence-electron chi connectivity index (χ1n) is 11.0. The molecule has 0 saturated heterocycles. The second-order valence-corrected chi connectivity index (χ2v) is 9.25. The number of rotatable bonds is 8. The molecule has 0 aliphatic heterocycles. The van der Waals surface area contributed by atoms with E-state index in [9.17, 15) is 9.59 Å². The molecule has 0 atom stereocenters. The molecular weight excluding hydrogens is 430 g/mol. The van der Waals surface area contributed by atoms with E-state index in [1.807, 2.05) is 72.8 Å². The van der Waals surface area contributed by atoms with E-state index in [1.54, 1.807) is 37.4 Å². The third kappa shape index (κ3) is 4.99. The second kappa shape index (κ2) is 10.0. The van der Waals surface area contributed by atoms with Crippen LogP contribution >= 0.6 is 11.3 Å². The van der Waals surface area contributed by atoms with Gasteiger partial charge in [-0.1, -0.05) is 54.6 Å². The number of hydrogen-bond acceptors (Lipinski definition) is 4. The highest BCUT2D eigenvalue weighted by Gasteiger charge is 2.22. The average Bonchev–Trinajstić information content (AvgIpc) is 3.23. The van der Waals surface area contributed by atoms with Gasteiger partial charge in [0.05, 0.1) is 7.11 Å². The van der Waals surface area contributed by atoms with Crippen molar-refractivity contribution in [1.82, 2.24) is 4.90 Å². The van der Waals surface area contributed by atoms with E-state index in [0.717, 1.165) is 50.2 Å². The standard InChI is InChI=1S/C28H27NO3S/c1-29(2)25(30)11-7-8-19-12-14-20(15-13-19)27(31)26-23-17-16-22(32-3)18-24(23)33-28(26)21-9-5-4-6-10-21/h4-6,9-10,12-18H,7-8,11H2,1-3H3. The minimum atomic E-state index is 0.0135. The molecule has 5 heteroatoms. The van der Waals surface area contributed by atoms with Crippen LogP contribution in [0.2, 0.25) is 0 Å². The fourth-order valence-electron chi connectivity index (χ4n) is 3.86. The highest BCUT2D eigenvalue weighted by atomic mass is 32.1. The Kier molecular flexibility index (Phi) is 6.90. The molecule has 4 nitrogen and oxygen atoms in total. The van der Waals surface area contributed by atoms with Gasteiger partial charge in [-0.25, -0.2) is 0 Å². The SMILES string of the molecule is COc1ccc2c(C(=O)c3ccc(CCCC(=O)N(C)C)cc3)c(-c3ccccc3)sc2c1. The van der Waals surface area contributed by atoms with Gasteiger partial charge in [-0.15, -0.1) is 11.3 Å². The Balaban J connectivity index is 1.64. The number of fused-ring (bicyclic) bond motifs is 1. The van der Waals surface area contributed by atoms with E-state index < -0.39 is 0 Å². The van der Waals surface area contributed by atoms with Crippen LogP contribution in [0.3, 0.4) is 0 Å². The first-order valence-corrected chi connectivity index (χ1v) is 11.8. The van der Waals surface area contributed by atoms with E-state index in [1.165, 1.54) is 0 Å². The summed E-state index contributed by atoms with van der Waals surface area (Å²) < 4.78 is 6.42. The Morgan fingerprint density at radius 2 is 1.67 bits per heavy atom. The van der Waals surface area contributed by atoms with E-state index >= 15 is 0 Å². The molecular formula is C28H27NO3S. The van der Waals surface area contributed by atoms with E-state index in [4.69, 9.17) is 4.74 Å². The van der Waals surface area contributed by atoms with E-state index in [-0.39, 0.29) is 11.7 Å². The third-order valence-electron chi connectivity index (χ3n) is 5.73. The molecule has 4 rings (SSSR count). The minimum absolute atomic E-state index is 0.0135. The number of carbonyl (C=O) groups is 2. The maximum Gasteiger partial charge on any atom is 0.222 e. The fraction of sp³-hybridized carbons (Fsp3) is 0.214. The molecule has 4 aromatic rings. The Morgan fingerprint density at radius 3 is 2.33 bits per heavy atom. The molecule has 1 amide bonds. The molecule has 0 aliphatic carbocycles. The summed E-state index contributed by atoms with van der Waals surface area (Å²) in [5, 5.41) is 0.941. The number of nitrogens with zero attached hydrogens (tertiary/aromatic N) is 1. The van der Waals surface area contributed by atoms with Crippen molar-refractivity contribution >= 4 is 33.1 Å². The number of thiophene rings is 1. The number of methoxy groups -OCH3 is 1. The zero-order chi connectivity index (χ0) is 23.4. The minimum Gasteiger partial charge on any atom is -0.497 e. The largest absolute Gasteiger partial charge is 0.497 e. The summed E-state index contributed by atoms with van der Waals surface area (Å²) in [5.41, 5.74) is 3.55. The van der Waals surface area contributed by atoms with Crippen LogP contribution in [0.5, 0.6) is 5.75 Å². The maximum atomic E-state index is 13.7. The van der Waals surface area contributed by atoms with Gasteiger partial charge in [0.2, 0.25) is 5.91 Å². The van der Waals surface area contributed by atoms with Crippen LogP contribution in [0.15, 0.2) is 72.8 Å². The maximum absolute atomic E-state index is 13.7. The van der Waals surface area contributed by atoms with Crippen molar-refractivity contribution < 1.29 is 14.3 Å². The molecule has 0 saturated carbocycles. The number of hydrogen-bond donors (Lipinski definition) is 0. The number of benzene rings is 3. The lowest BCUT2D eigenvalue weighted by molar-refractivity contribution is -0.128. The summed E-state index contributed by atoms with van der Waals surface area (Å²) in [6, 6.07) is 23.7. The van der Waals surface area contributed by atoms with Crippen LogP contribution in [0.4, 0.5) is 0 Å². The van der Waals surface area contributed by atoms with Crippen LogP contribution in [0.25, 0.3) is 20.5 Å². The number of ether oxygens (including phenoxy) is 1. The smallest absolute Gasteiger partial charge is 0.222 e. The van der Waals surface area contributed by atoms with Gasteiger partial charge in [0.25, 0.3) is 0 Å². The molecule has 0 N–H and O–H groups in total. The predicted octanol–water partition coefficient (Wildman–Crippen LogP) is 6.22. The van der Waals surface area contributed by atoms with Crippen molar-refractivity contribution in [3.63, 3.8) is 0 Å². The molecule has 1 aromatic heterocycles. The van der Waals surface area contributed by atoms with Gasteiger partial charge in [0.1, 0.15) is 5.75 Å². The summed E-state index contributed by atoms with van der Waals surface area (Å²) in [7, 11) is 5.20. The lowest BCUT2D eigenvalue weighted by atomic mass is 9.96. The topological polar surface area (TPSA) is 46.6 Å². The molecule has 3 aromatic carbocycles. The highest BCUT2D eigenvalue weighted by molar-refractivity contribution is 7.22. The van der Waals surface area contributed by atoms with Crippen LogP contribution in [-0.2, 0) is 11.2 Å². The van der Waals surface area contributed by atoms with Gasteiger partial charge in [0, 0.05) is 46.6 Å². The Labute approximate surface area is 198 Å². The number of ketones is 1. The molecule has 0 aliphatic rings. The lowest BCUT2D eigenvalue weighted by Gasteiger charge is -2.10. The average molecular weight is 458 g/mol. The molecule has 0 unspecified atom stereocenters. The van der Waals surface area contributed by atoms with Gasteiger partial charge in [-0.3, -0.25) is 9.59 Å². The normalized spacial score (nSPS) is 10.9. The number of amides is 1.